The van der Waals surface area contributed by atoms with E-state index >= 15 is 0 Å². The maximum Gasteiger partial charge on any atom is 0.259 e. The Morgan fingerprint density at radius 1 is 1.25 bits per heavy atom. The number of thiophene rings is 1. The van der Waals surface area contributed by atoms with Crippen molar-refractivity contribution in [1.82, 2.24) is 15.5 Å². The lowest BCUT2D eigenvalue weighted by Crippen LogP contribution is -2.39. The third-order valence-corrected chi connectivity index (χ3v) is 5.09. The monoisotopic (exact) mass is 402 g/mol. The van der Waals surface area contributed by atoms with Gasteiger partial charge in [0.25, 0.3) is 5.91 Å². The summed E-state index contributed by atoms with van der Waals surface area (Å²) in [4.78, 5) is 18.9. The summed E-state index contributed by atoms with van der Waals surface area (Å²) in [6.45, 7) is 3.75. The second kappa shape index (κ2) is 11.3. The number of guanidine groups is 1. The number of hydrogen-bond acceptors (Lipinski definition) is 4. The van der Waals surface area contributed by atoms with Crippen molar-refractivity contribution in [3.8, 4) is 5.75 Å². The number of nitrogens with zero attached hydrogens (tertiary/aromatic N) is 2. The van der Waals surface area contributed by atoms with Crippen LogP contribution >= 0.6 is 11.3 Å². The molecule has 0 radical (unpaired) electrons. The van der Waals surface area contributed by atoms with Gasteiger partial charge in [0, 0.05) is 39.1 Å². The van der Waals surface area contributed by atoms with Crippen molar-refractivity contribution in [2.75, 3.05) is 34.3 Å². The van der Waals surface area contributed by atoms with Crippen molar-refractivity contribution in [1.29, 1.82) is 0 Å². The van der Waals surface area contributed by atoms with Gasteiger partial charge in [0.05, 0.1) is 0 Å². The number of aliphatic imine (C=N–C) groups is 1. The maximum atomic E-state index is 11.6. The van der Waals surface area contributed by atoms with E-state index in [1.165, 1.54) is 9.78 Å². The zero-order chi connectivity index (χ0) is 20.4. The summed E-state index contributed by atoms with van der Waals surface area (Å²) < 4.78 is 5.57. The molecule has 28 heavy (non-hydrogen) atoms. The van der Waals surface area contributed by atoms with E-state index in [1.54, 1.807) is 32.5 Å². The number of ether oxygens (including phenoxy) is 1. The molecule has 0 saturated heterocycles. The molecule has 6 nitrogen and oxygen atoms in total. The van der Waals surface area contributed by atoms with Crippen LogP contribution < -0.4 is 15.4 Å². The quantitative estimate of drug-likeness (QED) is 0.500. The van der Waals surface area contributed by atoms with Crippen LogP contribution in [-0.2, 0) is 17.8 Å². The second-order valence-corrected chi connectivity index (χ2v) is 7.95. The molecule has 152 valence electrons. The predicted molar refractivity (Wildman–Crippen MR) is 116 cm³/mol. The van der Waals surface area contributed by atoms with Crippen LogP contribution in [0.1, 0.15) is 17.4 Å². The molecule has 0 aliphatic heterocycles. The van der Waals surface area contributed by atoms with E-state index in [0.717, 1.165) is 24.5 Å². The van der Waals surface area contributed by atoms with Gasteiger partial charge in [-0.2, -0.15) is 0 Å². The van der Waals surface area contributed by atoms with E-state index in [4.69, 9.17) is 4.74 Å². The first-order valence-corrected chi connectivity index (χ1v) is 10.2. The van der Waals surface area contributed by atoms with Gasteiger partial charge in [-0.15, -0.1) is 11.3 Å². The molecular weight excluding hydrogens is 372 g/mol. The summed E-state index contributed by atoms with van der Waals surface area (Å²) in [7, 11) is 5.20. The number of benzene rings is 1. The van der Waals surface area contributed by atoms with Crippen molar-refractivity contribution >= 4 is 23.2 Å². The maximum absolute atomic E-state index is 11.6. The van der Waals surface area contributed by atoms with Gasteiger partial charge in [0.15, 0.2) is 12.6 Å². The number of rotatable bonds is 9. The van der Waals surface area contributed by atoms with Crippen molar-refractivity contribution in [2.45, 2.75) is 19.9 Å². The highest BCUT2D eigenvalue weighted by Crippen LogP contribution is 2.14. The lowest BCUT2D eigenvalue weighted by molar-refractivity contribution is -0.130. The van der Waals surface area contributed by atoms with E-state index in [9.17, 15) is 4.79 Å². The second-order valence-electron chi connectivity index (χ2n) is 6.92. The highest BCUT2D eigenvalue weighted by atomic mass is 32.1. The van der Waals surface area contributed by atoms with Gasteiger partial charge in [-0.3, -0.25) is 9.79 Å². The van der Waals surface area contributed by atoms with E-state index < -0.39 is 0 Å². The van der Waals surface area contributed by atoms with Crippen molar-refractivity contribution in [3.05, 3.63) is 52.2 Å². The Bertz CT molecular complexity index is 760. The first-order chi connectivity index (χ1) is 13.5. The third kappa shape index (κ3) is 7.60. The average Bonchev–Trinajstić information content (AvgIpc) is 3.19. The lowest BCUT2D eigenvalue weighted by atomic mass is 10.1. The van der Waals surface area contributed by atoms with Gasteiger partial charge < -0.3 is 20.3 Å². The SMILES string of the molecule is CN=C(NCc1cccc(OCC(=O)N(C)C)c1)NCC(C)Cc1cccs1. The van der Waals surface area contributed by atoms with Gasteiger partial charge in [0.1, 0.15) is 5.75 Å². The first-order valence-electron chi connectivity index (χ1n) is 9.36. The minimum Gasteiger partial charge on any atom is -0.484 e. The summed E-state index contributed by atoms with van der Waals surface area (Å²) in [5, 5.41) is 8.82. The number of likely N-dealkylation sites (N-methyl/N-ethyl adjacent to an activating group) is 1. The Hall–Kier alpha value is -2.54. The highest BCUT2D eigenvalue weighted by Gasteiger charge is 2.07. The smallest absolute Gasteiger partial charge is 0.259 e. The van der Waals surface area contributed by atoms with E-state index in [1.807, 2.05) is 24.3 Å². The minimum atomic E-state index is -0.0650. The summed E-state index contributed by atoms with van der Waals surface area (Å²) >= 11 is 1.80. The number of nitrogens with one attached hydrogen (secondary N) is 2. The Balaban J connectivity index is 1.77. The van der Waals surface area contributed by atoms with E-state index in [-0.39, 0.29) is 12.5 Å². The summed E-state index contributed by atoms with van der Waals surface area (Å²) in [6, 6.07) is 12.0. The molecule has 1 unspecified atom stereocenters. The highest BCUT2D eigenvalue weighted by molar-refractivity contribution is 7.09. The molecule has 1 amide bonds. The largest absolute Gasteiger partial charge is 0.484 e. The predicted octanol–water partition coefficient (Wildman–Crippen LogP) is 2.76. The van der Waals surface area contributed by atoms with Crippen LogP contribution in [0.2, 0.25) is 0 Å². The fraction of sp³-hybridized carbons (Fsp3) is 0.429. The van der Waals surface area contributed by atoms with Crippen LogP contribution in [0.5, 0.6) is 5.75 Å². The topological polar surface area (TPSA) is 66.0 Å². The average molecular weight is 403 g/mol. The molecule has 0 spiro atoms. The molecule has 1 heterocycles. The first kappa shape index (κ1) is 21.8. The van der Waals surface area contributed by atoms with Crippen molar-refractivity contribution in [2.24, 2.45) is 10.9 Å². The third-order valence-electron chi connectivity index (χ3n) is 4.19. The van der Waals surface area contributed by atoms with E-state index in [0.29, 0.717) is 18.2 Å². The van der Waals surface area contributed by atoms with E-state index in [2.05, 4.69) is 40.1 Å². The van der Waals surface area contributed by atoms with Crippen LogP contribution in [0.4, 0.5) is 0 Å². The lowest BCUT2D eigenvalue weighted by Gasteiger charge is -2.16. The Kier molecular flexibility index (Phi) is 8.81. The number of hydrogen-bond donors (Lipinski definition) is 2. The molecule has 0 bridgehead atoms. The molecule has 2 aromatic rings. The standard InChI is InChI=1S/C21H30N4O2S/c1-16(11-19-9-6-10-28-19)13-23-21(22-2)24-14-17-7-5-8-18(12-17)27-15-20(26)25(3)4/h5-10,12,16H,11,13-15H2,1-4H3,(H2,22,23,24). The molecule has 1 aromatic carbocycles. The van der Waals surface area contributed by atoms with Gasteiger partial charge in [-0.25, -0.2) is 0 Å². The molecule has 0 aliphatic carbocycles. The molecule has 0 aliphatic rings. The van der Waals surface area contributed by atoms with Gasteiger partial charge in [-0.1, -0.05) is 25.1 Å². The molecule has 1 aromatic heterocycles. The molecule has 2 N–H and O–H groups in total. The fourth-order valence-electron chi connectivity index (χ4n) is 2.54. The Morgan fingerprint density at radius 2 is 2.07 bits per heavy atom. The van der Waals surface area contributed by atoms with Crippen LogP contribution in [0.25, 0.3) is 0 Å². The molecule has 0 fully saturated rings. The summed E-state index contributed by atoms with van der Waals surface area (Å²) in [5.74, 6) is 1.90. The van der Waals surface area contributed by atoms with Gasteiger partial charge in [0.2, 0.25) is 0 Å². The minimum absolute atomic E-state index is 0.0369. The fourth-order valence-corrected chi connectivity index (χ4v) is 3.41. The van der Waals surface area contributed by atoms with Crippen molar-refractivity contribution < 1.29 is 9.53 Å². The Labute approximate surface area is 171 Å². The Morgan fingerprint density at radius 3 is 2.75 bits per heavy atom. The number of carbonyl (C=O) groups excluding carboxylic acids is 1. The summed E-state index contributed by atoms with van der Waals surface area (Å²) in [5.41, 5.74) is 1.06. The van der Waals surface area contributed by atoms with Crippen LogP contribution in [-0.4, -0.2) is 51.1 Å². The van der Waals surface area contributed by atoms with Crippen LogP contribution in [0, 0.1) is 5.92 Å². The molecular formula is C21H30N4O2S. The van der Waals surface area contributed by atoms with Gasteiger partial charge >= 0.3 is 0 Å². The zero-order valence-electron chi connectivity index (χ0n) is 17.1. The summed E-state index contributed by atoms with van der Waals surface area (Å²) in [6.07, 6.45) is 1.06. The molecule has 2 rings (SSSR count). The van der Waals surface area contributed by atoms with Gasteiger partial charge in [-0.05, 0) is 41.5 Å². The zero-order valence-corrected chi connectivity index (χ0v) is 17.9. The van der Waals surface area contributed by atoms with Crippen LogP contribution in [0.15, 0.2) is 46.8 Å². The molecule has 7 heteroatoms. The normalized spacial score (nSPS) is 12.4. The molecule has 0 saturated carbocycles. The number of amides is 1. The molecule has 1 atom stereocenters. The number of carbonyl (C=O) groups is 1. The van der Waals surface area contributed by atoms with Crippen molar-refractivity contribution in [3.63, 3.8) is 0 Å². The van der Waals surface area contributed by atoms with Crippen LogP contribution in [0.3, 0.4) is 0 Å².